The molecule has 0 unspecified atom stereocenters. The number of rotatable bonds is 12. The van der Waals surface area contributed by atoms with E-state index in [2.05, 4.69) is 12.2 Å². The van der Waals surface area contributed by atoms with Gasteiger partial charge in [-0.25, -0.2) is 5.48 Å². The third-order valence-electron chi connectivity index (χ3n) is 5.35. The van der Waals surface area contributed by atoms with Crippen molar-refractivity contribution < 1.29 is 24.3 Å². The molecule has 3 N–H and O–H groups in total. The van der Waals surface area contributed by atoms with Gasteiger partial charge in [-0.3, -0.25) is 14.8 Å². The van der Waals surface area contributed by atoms with Crippen molar-refractivity contribution in [1.82, 2.24) is 10.8 Å². The maximum absolute atomic E-state index is 12.8. The summed E-state index contributed by atoms with van der Waals surface area (Å²) in [7, 11) is 0. The molecule has 2 rings (SSSR count). The van der Waals surface area contributed by atoms with Gasteiger partial charge in [0.2, 0.25) is 5.91 Å². The van der Waals surface area contributed by atoms with Gasteiger partial charge in [-0.05, 0) is 57.1 Å². The molecule has 1 aromatic rings. The van der Waals surface area contributed by atoms with Crippen molar-refractivity contribution in [3.8, 4) is 0 Å². The molecule has 30 heavy (non-hydrogen) atoms. The first-order valence-corrected chi connectivity index (χ1v) is 11.5. The maximum Gasteiger partial charge on any atom is 0.256 e. The van der Waals surface area contributed by atoms with E-state index in [1.807, 2.05) is 37.3 Å². The lowest BCUT2D eigenvalue weighted by Crippen LogP contribution is -2.45. The number of ether oxygens (including phenoxy) is 2. The topological polar surface area (TPSA) is 96.9 Å². The average molecular weight is 439 g/mol. The SMILES string of the molecule is CCOCOC[C@H](C[C@H](Sc1ccccc1)C(=O)NO)NC(=O)[C@H]1CC[C@H](C)CC1. The standard InChI is InChI=1S/C22H34N2O5S/c1-3-28-15-29-14-18(23-21(25)17-11-9-16(2)10-12-17)13-20(22(26)24-27)30-19-7-5-4-6-8-19/h4-8,16-18,20,27H,3,9-15H2,1-2H3,(H,23,25)(H,24,26)/t16-,17-,18-,20-/m0/s1. The molecule has 0 radical (unpaired) electrons. The van der Waals surface area contributed by atoms with E-state index in [0.29, 0.717) is 18.9 Å². The Balaban J connectivity index is 2.02. The van der Waals surface area contributed by atoms with E-state index in [1.54, 1.807) is 5.48 Å². The van der Waals surface area contributed by atoms with Gasteiger partial charge in [-0.15, -0.1) is 11.8 Å². The van der Waals surface area contributed by atoms with Crippen LogP contribution in [0.5, 0.6) is 0 Å². The van der Waals surface area contributed by atoms with E-state index in [1.165, 1.54) is 11.8 Å². The summed E-state index contributed by atoms with van der Waals surface area (Å²) in [5, 5.41) is 11.7. The van der Waals surface area contributed by atoms with Crippen molar-refractivity contribution in [3.05, 3.63) is 30.3 Å². The summed E-state index contributed by atoms with van der Waals surface area (Å²) in [5.41, 5.74) is 1.75. The molecule has 7 nitrogen and oxygen atoms in total. The number of hydroxylamine groups is 1. The van der Waals surface area contributed by atoms with E-state index in [0.717, 1.165) is 30.6 Å². The van der Waals surface area contributed by atoms with Crippen LogP contribution in [0.2, 0.25) is 0 Å². The van der Waals surface area contributed by atoms with Crippen LogP contribution in [0.3, 0.4) is 0 Å². The number of carbonyl (C=O) groups excluding carboxylic acids is 2. The first-order chi connectivity index (χ1) is 14.5. The molecule has 8 heteroatoms. The minimum Gasteiger partial charge on any atom is -0.356 e. The van der Waals surface area contributed by atoms with E-state index in [9.17, 15) is 14.8 Å². The highest BCUT2D eigenvalue weighted by molar-refractivity contribution is 8.00. The van der Waals surface area contributed by atoms with Crippen LogP contribution in [-0.4, -0.2) is 48.3 Å². The van der Waals surface area contributed by atoms with Crippen LogP contribution >= 0.6 is 11.8 Å². The molecule has 2 amide bonds. The Hall–Kier alpha value is -1.61. The zero-order chi connectivity index (χ0) is 21.8. The summed E-state index contributed by atoms with van der Waals surface area (Å²) in [5.74, 6) is 0.181. The van der Waals surface area contributed by atoms with Gasteiger partial charge in [0.25, 0.3) is 5.91 Å². The van der Waals surface area contributed by atoms with E-state index < -0.39 is 11.2 Å². The molecule has 1 aliphatic carbocycles. The van der Waals surface area contributed by atoms with Crippen molar-refractivity contribution in [2.24, 2.45) is 11.8 Å². The molecule has 0 aliphatic heterocycles. The second-order valence-corrected chi connectivity index (χ2v) is 9.05. The molecule has 0 aromatic heterocycles. The first-order valence-electron chi connectivity index (χ1n) is 10.6. The smallest absolute Gasteiger partial charge is 0.256 e. The molecular formula is C22H34N2O5S. The van der Waals surface area contributed by atoms with Crippen LogP contribution in [0.15, 0.2) is 35.2 Å². The first kappa shape index (κ1) is 24.7. The minimum absolute atomic E-state index is 0.00230. The molecule has 2 atom stereocenters. The largest absolute Gasteiger partial charge is 0.356 e. The van der Waals surface area contributed by atoms with Crippen molar-refractivity contribution >= 4 is 23.6 Å². The van der Waals surface area contributed by atoms with E-state index in [-0.39, 0.29) is 31.3 Å². The fourth-order valence-electron chi connectivity index (χ4n) is 3.54. The Morgan fingerprint density at radius 1 is 1.17 bits per heavy atom. The van der Waals surface area contributed by atoms with Crippen molar-refractivity contribution in [3.63, 3.8) is 0 Å². The predicted octanol–water partition coefficient (Wildman–Crippen LogP) is 3.36. The lowest BCUT2D eigenvalue weighted by molar-refractivity contribution is -0.131. The van der Waals surface area contributed by atoms with E-state index in [4.69, 9.17) is 9.47 Å². The number of hydrogen-bond acceptors (Lipinski definition) is 6. The van der Waals surface area contributed by atoms with Crippen molar-refractivity contribution in [2.75, 3.05) is 20.0 Å². The number of amides is 2. The van der Waals surface area contributed by atoms with Crippen LogP contribution in [0, 0.1) is 11.8 Å². The van der Waals surface area contributed by atoms with Gasteiger partial charge in [0, 0.05) is 17.4 Å². The maximum atomic E-state index is 12.8. The Morgan fingerprint density at radius 3 is 2.50 bits per heavy atom. The molecule has 0 spiro atoms. The summed E-state index contributed by atoms with van der Waals surface area (Å²) in [6.07, 6.45) is 4.22. The molecule has 0 bridgehead atoms. The quantitative estimate of drug-likeness (QED) is 0.152. The fraction of sp³-hybridized carbons (Fsp3) is 0.636. The predicted molar refractivity (Wildman–Crippen MR) is 116 cm³/mol. The highest BCUT2D eigenvalue weighted by Crippen LogP contribution is 2.29. The molecule has 168 valence electrons. The zero-order valence-electron chi connectivity index (χ0n) is 17.8. The second kappa shape index (κ2) is 13.6. The molecule has 0 heterocycles. The lowest BCUT2D eigenvalue weighted by atomic mass is 9.82. The lowest BCUT2D eigenvalue weighted by Gasteiger charge is -2.28. The highest BCUT2D eigenvalue weighted by atomic mass is 32.2. The summed E-state index contributed by atoms with van der Waals surface area (Å²) in [4.78, 5) is 26.0. The average Bonchev–Trinajstić information content (AvgIpc) is 2.76. The number of carbonyl (C=O) groups is 2. The summed E-state index contributed by atoms with van der Waals surface area (Å²) >= 11 is 1.35. The fourth-order valence-corrected chi connectivity index (χ4v) is 4.68. The van der Waals surface area contributed by atoms with Crippen LogP contribution in [0.25, 0.3) is 0 Å². The third-order valence-corrected chi connectivity index (χ3v) is 6.58. The Bertz CT molecular complexity index is 638. The van der Waals surface area contributed by atoms with Crippen LogP contribution in [-0.2, 0) is 19.1 Å². The van der Waals surface area contributed by atoms with Crippen LogP contribution in [0.1, 0.15) is 46.0 Å². The monoisotopic (exact) mass is 438 g/mol. The molecular weight excluding hydrogens is 404 g/mol. The molecule has 1 fully saturated rings. The van der Waals surface area contributed by atoms with Gasteiger partial charge in [0.15, 0.2) is 0 Å². The highest BCUT2D eigenvalue weighted by Gasteiger charge is 2.29. The molecule has 1 aliphatic rings. The summed E-state index contributed by atoms with van der Waals surface area (Å²) < 4.78 is 10.8. The van der Waals surface area contributed by atoms with Gasteiger partial charge < -0.3 is 14.8 Å². The number of benzene rings is 1. The van der Waals surface area contributed by atoms with Gasteiger partial charge >= 0.3 is 0 Å². The van der Waals surface area contributed by atoms with Gasteiger partial charge in [-0.1, -0.05) is 25.1 Å². The molecule has 1 aromatic carbocycles. The number of hydrogen-bond donors (Lipinski definition) is 3. The molecule has 1 saturated carbocycles. The Morgan fingerprint density at radius 2 is 1.87 bits per heavy atom. The van der Waals surface area contributed by atoms with Gasteiger partial charge in [-0.2, -0.15) is 0 Å². The van der Waals surface area contributed by atoms with Crippen molar-refractivity contribution in [1.29, 1.82) is 0 Å². The Kier molecular flexibility index (Phi) is 11.2. The van der Waals surface area contributed by atoms with E-state index >= 15 is 0 Å². The zero-order valence-corrected chi connectivity index (χ0v) is 18.7. The number of thioether (sulfide) groups is 1. The van der Waals surface area contributed by atoms with Crippen LogP contribution < -0.4 is 10.8 Å². The minimum atomic E-state index is -0.579. The van der Waals surface area contributed by atoms with Gasteiger partial charge in [0.1, 0.15) is 6.79 Å². The van der Waals surface area contributed by atoms with Crippen LogP contribution in [0.4, 0.5) is 0 Å². The molecule has 0 saturated heterocycles. The van der Waals surface area contributed by atoms with Crippen molar-refractivity contribution in [2.45, 2.75) is 62.1 Å². The second-order valence-electron chi connectivity index (χ2n) is 7.78. The normalized spacial score (nSPS) is 20.9. The third kappa shape index (κ3) is 8.63. The van der Waals surface area contributed by atoms with Gasteiger partial charge in [0.05, 0.1) is 17.9 Å². The Labute approximate surface area is 183 Å². The summed E-state index contributed by atoms with van der Waals surface area (Å²) in [6, 6.07) is 9.14. The summed E-state index contributed by atoms with van der Waals surface area (Å²) in [6.45, 7) is 5.00. The number of nitrogens with one attached hydrogen (secondary N) is 2.